The molecule has 1 fully saturated rings. The Labute approximate surface area is 144 Å². The van der Waals surface area contributed by atoms with Gasteiger partial charge in [-0.25, -0.2) is 4.68 Å². The molecule has 24 heavy (non-hydrogen) atoms. The Morgan fingerprint density at radius 2 is 2.08 bits per heavy atom. The molecular formula is C16H18ClN5O2. The molecule has 8 heteroatoms. The number of carbonyl (C=O) groups excluding carboxylic acids is 2. The number of anilines is 1. The van der Waals surface area contributed by atoms with Gasteiger partial charge in [-0.1, -0.05) is 41.4 Å². The van der Waals surface area contributed by atoms with Crippen molar-refractivity contribution < 1.29 is 9.59 Å². The highest BCUT2D eigenvalue weighted by Crippen LogP contribution is 2.27. The van der Waals surface area contributed by atoms with Gasteiger partial charge in [0.2, 0.25) is 11.8 Å². The smallest absolute Gasteiger partial charge is 0.242 e. The van der Waals surface area contributed by atoms with Gasteiger partial charge in [0.15, 0.2) is 5.82 Å². The second kappa shape index (κ2) is 7.44. The van der Waals surface area contributed by atoms with Gasteiger partial charge in [0.1, 0.15) is 6.54 Å². The highest BCUT2D eigenvalue weighted by Gasteiger charge is 2.25. The van der Waals surface area contributed by atoms with Crippen LogP contribution in [0.3, 0.4) is 0 Å². The molecule has 1 aliphatic carbocycles. The number of nitrogens with zero attached hydrogens (tertiary/aromatic N) is 3. The Kier molecular flexibility index (Phi) is 5.10. The summed E-state index contributed by atoms with van der Waals surface area (Å²) in [5.41, 5.74) is 0.847. The third-order valence-electron chi connectivity index (χ3n) is 4.01. The van der Waals surface area contributed by atoms with E-state index >= 15 is 0 Å². The summed E-state index contributed by atoms with van der Waals surface area (Å²) >= 11 is 6.04. The van der Waals surface area contributed by atoms with E-state index < -0.39 is 0 Å². The van der Waals surface area contributed by atoms with Crippen LogP contribution in [0, 0.1) is 5.92 Å². The van der Waals surface area contributed by atoms with E-state index in [-0.39, 0.29) is 24.3 Å². The van der Waals surface area contributed by atoms with E-state index in [1.54, 1.807) is 12.3 Å². The highest BCUT2D eigenvalue weighted by atomic mass is 35.5. The van der Waals surface area contributed by atoms with Crippen molar-refractivity contribution in [3.8, 4) is 0 Å². The summed E-state index contributed by atoms with van der Waals surface area (Å²) in [6, 6.07) is 7.33. The molecule has 0 unspecified atom stereocenters. The third kappa shape index (κ3) is 4.11. The van der Waals surface area contributed by atoms with Crippen LogP contribution >= 0.6 is 11.6 Å². The number of benzene rings is 1. The SMILES string of the molecule is O=C(Cn1cc(NC(=O)C2CCC2)nn1)NCc1ccccc1Cl. The lowest BCUT2D eigenvalue weighted by molar-refractivity contribution is -0.122. The van der Waals surface area contributed by atoms with Crippen LogP contribution in [0.1, 0.15) is 24.8 Å². The maximum atomic E-state index is 12.0. The maximum Gasteiger partial charge on any atom is 0.242 e. The summed E-state index contributed by atoms with van der Waals surface area (Å²) in [5, 5.41) is 13.8. The van der Waals surface area contributed by atoms with Crippen molar-refractivity contribution in [1.29, 1.82) is 0 Å². The molecule has 2 aromatic rings. The van der Waals surface area contributed by atoms with Crippen molar-refractivity contribution >= 4 is 29.2 Å². The number of halogens is 1. The van der Waals surface area contributed by atoms with E-state index in [2.05, 4.69) is 20.9 Å². The lowest BCUT2D eigenvalue weighted by atomic mass is 9.85. The molecule has 0 spiro atoms. The molecule has 1 aliphatic rings. The summed E-state index contributed by atoms with van der Waals surface area (Å²) in [7, 11) is 0. The highest BCUT2D eigenvalue weighted by molar-refractivity contribution is 6.31. The van der Waals surface area contributed by atoms with Crippen LogP contribution in [-0.4, -0.2) is 26.8 Å². The summed E-state index contributed by atoms with van der Waals surface area (Å²) in [5.74, 6) is 0.202. The molecule has 0 saturated heterocycles. The van der Waals surface area contributed by atoms with E-state index in [1.165, 1.54) is 4.68 Å². The first-order valence-corrected chi connectivity index (χ1v) is 8.21. The van der Waals surface area contributed by atoms with Gasteiger partial charge in [0, 0.05) is 17.5 Å². The zero-order valence-electron chi connectivity index (χ0n) is 13.0. The minimum absolute atomic E-state index is 0.0246. The van der Waals surface area contributed by atoms with Crippen LogP contribution in [0.2, 0.25) is 5.02 Å². The van der Waals surface area contributed by atoms with E-state index in [0.29, 0.717) is 17.4 Å². The Morgan fingerprint density at radius 1 is 1.29 bits per heavy atom. The van der Waals surface area contributed by atoms with Gasteiger partial charge in [-0.05, 0) is 24.5 Å². The molecule has 0 aliphatic heterocycles. The normalized spacial score (nSPS) is 14.0. The predicted octanol–water partition coefficient (Wildman–Crippen LogP) is 1.99. The molecule has 2 N–H and O–H groups in total. The van der Waals surface area contributed by atoms with Crippen LogP contribution in [0.5, 0.6) is 0 Å². The van der Waals surface area contributed by atoms with Gasteiger partial charge in [-0.2, -0.15) is 0 Å². The molecule has 3 rings (SSSR count). The topological polar surface area (TPSA) is 88.9 Å². The van der Waals surface area contributed by atoms with Crippen molar-refractivity contribution in [2.45, 2.75) is 32.4 Å². The molecular weight excluding hydrogens is 330 g/mol. The number of aromatic nitrogens is 3. The molecule has 126 valence electrons. The van der Waals surface area contributed by atoms with Gasteiger partial charge in [-0.15, -0.1) is 5.10 Å². The van der Waals surface area contributed by atoms with Gasteiger partial charge >= 0.3 is 0 Å². The molecule has 1 aromatic heterocycles. The zero-order valence-corrected chi connectivity index (χ0v) is 13.8. The number of hydrogen-bond acceptors (Lipinski definition) is 4. The third-order valence-corrected chi connectivity index (χ3v) is 4.37. The van der Waals surface area contributed by atoms with Gasteiger partial charge in [0.05, 0.1) is 6.20 Å². The van der Waals surface area contributed by atoms with Gasteiger partial charge in [0.25, 0.3) is 0 Å². The van der Waals surface area contributed by atoms with E-state index in [4.69, 9.17) is 11.6 Å². The first-order chi connectivity index (χ1) is 11.6. The molecule has 1 saturated carbocycles. The van der Waals surface area contributed by atoms with Crippen molar-refractivity contribution in [2.24, 2.45) is 5.92 Å². The number of amides is 2. The van der Waals surface area contributed by atoms with Gasteiger partial charge < -0.3 is 10.6 Å². The molecule has 0 radical (unpaired) electrons. The fraction of sp³-hybridized carbons (Fsp3) is 0.375. The van der Waals surface area contributed by atoms with Crippen LogP contribution < -0.4 is 10.6 Å². The molecule has 7 nitrogen and oxygen atoms in total. The van der Waals surface area contributed by atoms with Crippen molar-refractivity contribution in [3.05, 3.63) is 41.0 Å². The van der Waals surface area contributed by atoms with Crippen molar-refractivity contribution in [3.63, 3.8) is 0 Å². The second-order valence-electron chi connectivity index (χ2n) is 5.79. The quantitative estimate of drug-likeness (QED) is 0.836. The molecule has 0 atom stereocenters. The second-order valence-corrected chi connectivity index (χ2v) is 6.19. The van der Waals surface area contributed by atoms with Crippen LogP contribution in [0.4, 0.5) is 5.82 Å². The monoisotopic (exact) mass is 347 g/mol. The Morgan fingerprint density at radius 3 is 2.79 bits per heavy atom. The minimum atomic E-state index is -0.211. The lowest BCUT2D eigenvalue weighted by Gasteiger charge is -2.23. The molecule has 2 amide bonds. The van der Waals surface area contributed by atoms with Crippen molar-refractivity contribution in [1.82, 2.24) is 20.3 Å². The first kappa shape index (κ1) is 16.4. The summed E-state index contributed by atoms with van der Waals surface area (Å²) < 4.78 is 1.39. The zero-order chi connectivity index (χ0) is 16.9. The Hall–Kier alpha value is -2.41. The average Bonchev–Trinajstić information content (AvgIpc) is 2.91. The average molecular weight is 348 g/mol. The van der Waals surface area contributed by atoms with E-state index in [9.17, 15) is 9.59 Å². The predicted molar refractivity (Wildman–Crippen MR) is 89.3 cm³/mol. The first-order valence-electron chi connectivity index (χ1n) is 7.83. The minimum Gasteiger partial charge on any atom is -0.350 e. The summed E-state index contributed by atoms with van der Waals surface area (Å²) in [6.45, 7) is 0.370. The summed E-state index contributed by atoms with van der Waals surface area (Å²) in [4.78, 5) is 23.8. The molecule has 1 heterocycles. The number of nitrogens with one attached hydrogen (secondary N) is 2. The molecule has 0 bridgehead atoms. The fourth-order valence-electron chi connectivity index (χ4n) is 2.37. The number of carbonyl (C=O) groups is 2. The number of rotatable bonds is 6. The van der Waals surface area contributed by atoms with E-state index in [0.717, 1.165) is 24.8 Å². The van der Waals surface area contributed by atoms with Crippen molar-refractivity contribution in [2.75, 3.05) is 5.32 Å². The van der Waals surface area contributed by atoms with Crippen LogP contribution in [-0.2, 0) is 22.7 Å². The van der Waals surface area contributed by atoms with Crippen LogP contribution in [0.15, 0.2) is 30.5 Å². The standard InChI is InChI=1S/C16H18ClN5O2/c17-13-7-2-1-4-12(13)8-18-15(23)10-22-9-14(20-21-22)19-16(24)11-5-3-6-11/h1-2,4,7,9,11H,3,5-6,8,10H2,(H,18,23)(H,19,24). The van der Waals surface area contributed by atoms with E-state index in [1.807, 2.05) is 18.2 Å². The fourth-order valence-corrected chi connectivity index (χ4v) is 2.57. The Bertz CT molecular complexity index is 742. The summed E-state index contributed by atoms with van der Waals surface area (Å²) in [6.07, 6.45) is 4.48. The number of hydrogen-bond donors (Lipinski definition) is 2. The Balaban J connectivity index is 1.48. The lowest BCUT2D eigenvalue weighted by Crippen LogP contribution is -2.28. The van der Waals surface area contributed by atoms with Gasteiger partial charge in [-0.3, -0.25) is 9.59 Å². The van der Waals surface area contributed by atoms with Crippen LogP contribution in [0.25, 0.3) is 0 Å². The molecule has 1 aromatic carbocycles. The maximum absolute atomic E-state index is 12.0. The largest absolute Gasteiger partial charge is 0.350 e.